The largest absolute Gasteiger partial charge is 0.0860 e. The van der Waals surface area contributed by atoms with E-state index in [-0.39, 0.29) is 0 Å². The van der Waals surface area contributed by atoms with Gasteiger partial charge in [0.2, 0.25) is 0 Å². The molecule has 0 N–H and O–H groups in total. The molecule has 0 aliphatic heterocycles. The molecule has 0 unspecified atom stereocenters. The molecule has 0 radical (unpaired) electrons. The zero-order chi connectivity index (χ0) is 7.94. The maximum atomic E-state index is 2.16. The Labute approximate surface area is 79.3 Å². The Morgan fingerprint density at radius 2 is 1.91 bits per heavy atom. The monoisotopic (exact) mass is 202 g/mol. The first-order valence-electron chi connectivity index (χ1n) is 3.29. The predicted octanol–water partition coefficient (Wildman–Crippen LogP) is 3.85. The second-order valence-corrected chi connectivity index (χ2v) is 6.32. The summed E-state index contributed by atoms with van der Waals surface area (Å²) in [4.78, 5) is 0. The topological polar surface area (TPSA) is 0 Å². The molecule has 0 saturated carbocycles. The minimum Gasteiger partial charge on any atom is -0.0860 e. The van der Waals surface area contributed by atoms with E-state index in [0.717, 1.165) is 5.75 Å². The van der Waals surface area contributed by atoms with Crippen LogP contribution in [0.5, 0.6) is 0 Å². The van der Waals surface area contributed by atoms with E-state index in [1.54, 1.807) is 10.8 Å². The van der Waals surface area contributed by atoms with Crippen molar-refractivity contribution in [3.8, 4) is 0 Å². The van der Waals surface area contributed by atoms with Crippen LogP contribution in [0.1, 0.15) is 5.56 Å². The average Bonchev–Trinajstić information content (AvgIpc) is 2.07. The third-order valence-corrected chi connectivity index (χ3v) is 5.01. The van der Waals surface area contributed by atoms with E-state index < -0.39 is 0 Å². The van der Waals surface area contributed by atoms with Gasteiger partial charge in [-0.25, -0.2) is 0 Å². The van der Waals surface area contributed by atoms with Gasteiger partial charge in [-0.15, -0.1) is 0 Å². The Hall–Kier alpha value is 0.270. The second-order valence-electron chi connectivity index (χ2n) is 1.98. The highest BCUT2D eigenvalue weighted by Crippen LogP contribution is 2.34. The van der Waals surface area contributed by atoms with Gasteiger partial charge in [0.15, 0.2) is 0 Å². The van der Waals surface area contributed by atoms with E-state index >= 15 is 0 Å². The molecule has 0 aliphatic rings. The van der Waals surface area contributed by atoms with Crippen LogP contribution in [0.25, 0.3) is 0 Å². The lowest BCUT2D eigenvalue weighted by Gasteiger charge is -1.97. The molecule has 0 aromatic heterocycles. The summed E-state index contributed by atoms with van der Waals surface area (Å²) in [5.74, 6) is 1.10. The summed E-state index contributed by atoms with van der Waals surface area (Å²) in [5, 5.41) is 0. The van der Waals surface area contributed by atoms with Gasteiger partial charge in [0.1, 0.15) is 0 Å². The predicted molar refractivity (Wildman–Crippen MR) is 58.8 cm³/mol. The molecule has 0 nitrogen and oxygen atoms in total. The SMILES string of the molecule is CSSSCc1ccccc1. The highest BCUT2D eigenvalue weighted by molar-refractivity contribution is 9.09. The molecule has 1 aromatic rings. The van der Waals surface area contributed by atoms with E-state index in [9.17, 15) is 0 Å². The highest BCUT2D eigenvalue weighted by Gasteiger charge is 1.90. The molecule has 3 heteroatoms. The summed E-state index contributed by atoms with van der Waals surface area (Å²) in [7, 11) is 5.52. The van der Waals surface area contributed by atoms with E-state index in [1.165, 1.54) is 5.56 Å². The lowest BCUT2D eigenvalue weighted by atomic mass is 10.2. The van der Waals surface area contributed by atoms with Crippen molar-refractivity contribution in [3.05, 3.63) is 35.9 Å². The number of benzene rings is 1. The van der Waals surface area contributed by atoms with Crippen molar-refractivity contribution >= 4 is 31.4 Å². The molecule has 0 amide bonds. The van der Waals surface area contributed by atoms with Crippen LogP contribution in [0.3, 0.4) is 0 Å². The van der Waals surface area contributed by atoms with Gasteiger partial charge < -0.3 is 0 Å². The van der Waals surface area contributed by atoms with Crippen LogP contribution in [0.2, 0.25) is 0 Å². The first-order chi connectivity index (χ1) is 5.43. The van der Waals surface area contributed by atoms with Gasteiger partial charge in [-0.1, -0.05) is 51.9 Å². The van der Waals surface area contributed by atoms with Gasteiger partial charge >= 0.3 is 0 Å². The van der Waals surface area contributed by atoms with Crippen LogP contribution >= 0.6 is 31.4 Å². The number of hydrogen-bond acceptors (Lipinski definition) is 3. The van der Waals surface area contributed by atoms with Gasteiger partial charge in [0, 0.05) is 5.75 Å². The Bertz CT molecular complexity index is 186. The summed E-state index contributed by atoms with van der Waals surface area (Å²) >= 11 is 0. The molecule has 1 rings (SSSR count). The van der Waals surface area contributed by atoms with Crippen molar-refractivity contribution in [2.24, 2.45) is 0 Å². The highest BCUT2D eigenvalue weighted by atomic mass is 33.5. The molecular formula is C8H10S3. The maximum absolute atomic E-state index is 2.16. The number of rotatable bonds is 4. The van der Waals surface area contributed by atoms with Crippen molar-refractivity contribution in [2.45, 2.75) is 5.75 Å². The maximum Gasteiger partial charge on any atom is 0.0296 e. The Morgan fingerprint density at radius 3 is 2.55 bits per heavy atom. The second kappa shape index (κ2) is 5.86. The van der Waals surface area contributed by atoms with E-state index in [0.29, 0.717) is 0 Å². The van der Waals surface area contributed by atoms with E-state index in [1.807, 2.05) is 20.6 Å². The molecule has 0 heterocycles. The standard InChI is InChI=1S/C8H10S3/c1-9-11-10-7-8-5-3-2-4-6-8/h2-6H,7H2,1H3. The van der Waals surface area contributed by atoms with Crippen LogP contribution in [-0.2, 0) is 5.75 Å². The van der Waals surface area contributed by atoms with E-state index in [2.05, 4.69) is 36.6 Å². The molecule has 0 bridgehead atoms. The first-order valence-corrected chi connectivity index (χ1v) is 7.36. The van der Waals surface area contributed by atoms with Crippen molar-refractivity contribution in [3.63, 3.8) is 0 Å². The van der Waals surface area contributed by atoms with Crippen molar-refractivity contribution in [1.29, 1.82) is 0 Å². The Morgan fingerprint density at radius 1 is 1.18 bits per heavy atom. The number of hydrogen-bond donors (Lipinski definition) is 0. The molecule has 1 aromatic carbocycles. The molecule has 0 saturated heterocycles. The molecule has 0 spiro atoms. The lowest BCUT2D eigenvalue weighted by Crippen LogP contribution is -1.74. The summed E-state index contributed by atoms with van der Waals surface area (Å²) in [6.07, 6.45) is 2.10. The van der Waals surface area contributed by atoms with Gasteiger partial charge in [-0.05, 0) is 21.6 Å². The Kier molecular flexibility index (Phi) is 4.99. The van der Waals surface area contributed by atoms with Gasteiger partial charge in [0.05, 0.1) is 0 Å². The fourth-order valence-electron chi connectivity index (χ4n) is 0.714. The van der Waals surface area contributed by atoms with Crippen molar-refractivity contribution < 1.29 is 0 Å². The summed E-state index contributed by atoms with van der Waals surface area (Å²) < 4.78 is 0. The quantitative estimate of drug-likeness (QED) is 0.538. The summed E-state index contributed by atoms with van der Waals surface area (Å²) in [6, 6.07) is 10.5. The molecule has 60 valence electrons. The molecule has 0 fully saturated rings. The minimum absolute atomic E-state index is 1.10. The molecule has 0 atom stereocenters. The average molecular weight is 202 g/mol. The normalized spacial score (nSPS) is 9.91. The van der Waals surface area contributed by atoms with Gasteiger partial charge in [-0.3, -0.25) is 0 Å². The fourth-order valence-corrected chi connectivity index (χ4v) is 3.33. The van der Waals surface area contributed by atoms with E-state index in [4.69, 9.17) is 0 Å². The lowest BCUT2D eigenvalue weighted by molar-refractivity contribution is 1.43. The zero-order valence-corrected chi connectivity index (χ0v) is 8.77. The van der Waals surface area contributed by atoms with Crippen LogP contribution < -0.4 is 0 Å². The molecule has 11 heavy (non-hydrogen) atoms. The molecular weight excluding hydrogens is 192 g/mol. The zero-order valence-electron chi connectivity index (χ0n) is 6.32. The van der Waals surface area contributed by atoms with Crippen LogP contribution in [0.15, 0.2) is 30.3 Å². The third kappa shape index (κ3) is 3.99. The fraction of sp³-hybridized carbons (Fsp3) is 0.250. The van der Waals surface area contributed by atoms with Crippen molar-refractivity contribution in [2.75, 3.05) is 6.26 Å². The van der Waals surface area contributed by atoms with Gasteiger partial charge in [0.25, 0.3) is 0 Å². The Balaban J connectivity index is 2.28. The summed E-state index contributed by atoms with van der Waals surface area (Å²) in [5.41, 5.74) is 1.40. The van der Waals surface area contributed by atoms with Crippen LogP contribution in [0, 0.1) is 0 Å². The van der Waals surface area contributed by atoms with Gasteiger partial charge in [-0.2, -0.15) is 0 Å². The molecule has 0 aliphatic carbocycles. The minimum atomic E-state index is 1.10. The van der Waals surface area contributed by atoms with Crippen LogP contribution in [0.4, 0.5) is 0 Å². The third-order valence-electron chi connectivity index (χ3n) is 1.18. The summed E-state index contributed by atoms with van der Waals surface area (Å²) in [6.45, 7) is 0. The first kappa shape index (κ1) is 9.36. The smallest absolute Gasteiger partial charge is 0.0296 e. The van der Waals surface area contributed by atoms with Crippen molar-refractivity contribution in [1.82, 2.24) is 0 Å². The van der Waals surface area contributed by atoms with Crippen LogP contribution in [-0.4, -0.2) is 6.26 Å².